The summed E-state index contributed by atoms with van der Waals surface area (Å²) >= 11 is 0. The molecule has 6 nitrogen and oxygen atoms in total. The molecule has 0 N–H and O–H groups in total. The van der Waals surface area contributed by atoms with E-state index in [9.17, 15) is 19.7 Å². The smallest absolute Gasteiger partial charge is 0.269 e. The van der Waals surface area contributed by atoms with Gasteiger partial charge in [0, 0.05) is 25.1 Å². The lowest BCUT2D eigenvalue weighted by Gasteiger charge is -2.29. The van der Waals surface area contributed by atoms with Gasteiger partial charge in [0.25, 0.3) is 11.6 Å². The minimum atomic E-state index is -1.82. The molecule has 1 aliphatic heterocycles. The number of aldehydes is 1. The average Bonchev–Trinajstić information content (AvgIpc) is 3.15. The second-order valence-electron chi connectivity index (χ2n) is 6.09. The molecule has 124 valence electrons. The average molecular weight is 326 g/mol. The molecule has 6 heteroatoms. The van der Waals surface area contributed by atoms with Crippen LogP contribution in [0.3, 0.4) is 0 Å². The highest BCUT2D eigenvalue weighted by atomic mass is 16.6. The van der Waals surface area contributed by atoms with Crippen LogP contribution in [0.15, 0.2) is 54.3 Å². The molecular formula is C18H18N2O4. The van der Waals surface area contributed by atoms with Crippen LogP contribution in [-0.4, -0.2) is 35.1 Å². The van der Waals surface area contributed by atoms with Crippen molar-refractivity contribution in [2.75, 3.05) is 13.1 Å². The highest BCUT2D eigenvalue weighted by Gasteiger charge is 2.51. The molecule has 1 fully saturated rings. The number of rotatable bonds is 4. The predicted molar refractivity (Wildman–Crippen MR) is 87.7 cm³/mol. The number of benzene rings is 1. The Morgan fingerprint density at radius 3 is 2.50 bits per heavy atom. The maximum absolute atomic E-state index is 12.8. The summed E-state index contributed by atoms with van der Waals surface area (Å²) in [5.74, 6) is -0.827. The van der Waals surface area contributed by atoms with Gasteiger partial charge < -0.3 is 9.69 Å². The second kappa shape index (κ2) is 6.39. The summed E-state index contributed by atoms with van der Waals surface area (Å²) in [5, 5.41) is 11.6. The van der Waals surface area contributed by atoms with Crippen molar-refractivity contribution in [3.05, 3.63) is 69.9 Å². The lowest BCUT2D eigenvalue weighted by Crippen LogP contribution is -2.46. The Bertz CT molecular complexity index is 720. The van der Waals surface area contributed by atoms with Crippen LogP contribution >= 0.6 is 0 Å². The second-order valence-corrected chi connectivity index (χ2v) is 6.09. The highest BCUT2D eigenvalue weighted by molar-refractivity contribution is 6.02. The number of allylic oxidation sites excluding steroid dienone is 2. The Morgan fingerprint density at radius 1 is 1.25 bits per heavy atom. The molecular weight excluding hydrogens is 308 g/mol. The zero-order valence-corrected chi connectivity index (χ0v) is 13.1. The SMILES string of the molecule is O=CC1(C(=O)N2CCCC2)C=CC(c2ccccc2)C=C1[N+](=O)[O-]. The van der Waals surface area contributed by atoms with E-state index in [4.69, 9.17) is 0 Å². The third-order valence-corrected chi connectivity index (χ3v) is 4.64. The number of nitrogens with zero attached hydrogens (tertiary/aromatic N) is 2. The minimum Gasteiger partial charge on any atom is -0.341 e. The molecule has 2 aliphatic rings. The zero-order valence-electron chi connectivity index (χ0n) is 13.1. The fourth-order valence-electron chi connectivity index (χ4n) is 3.31. The van der Waals surface area contributed by atoms with E-state index < -0.39 is 16.2 Å². The first-order chi connectivity index (χ1) is 11.6. The molecule has 1 amide bonds. The van der Waals surface area contributed by atoms with Gasteiger partial charge in [-0.2, -0.15) is 0 Å². The summed E-state index contributed by atoms with van der Waals surface area (Å²) in [6.45, 7) is 1.07. The van der Waals surface area contributed by atoms with E-state index in [0.717, 1.165) is 18.4 Å². The number of amides is 1. The molecule has 1 heterocycles. The largest absolute Gasteiger partial charge is 0.341 e. The molecule has 0 saturated carbocycles. The normalized spacial score (nSPS) is 26.1. The van der Waals surface area contributed by atoms with Crippen LogP contribution in [0.5, 0.6) is 0 Å². The van der Waals surface area contributed by atoms with Crippen LogP contribution in [0.1, 0.15) is 24.3 Å². The molecule has 0 radical (unpaired) electrons. The van der Waals surface area contributed by atoms with E-state index in [0.29, 0.717) is 19.4 Å². The van der Waals surface area contributed by atoms with Crippen molar-refractivity contribution in [1.29, 1.82) is 0 Å². The van der Waals surface area contributed by atoms with Crippen molar-refractivity contribution >= 4 is 12.2 Å². The van der Waals surface area contributed by atoms with Crippen molar-refractivity contribution in [2.45, 2.75) is 18.8 Å². The van der Waals surface area contributed by atoms with Gasteiger partial charge in [0.2, 0.25) is 5.41 Å². The molecule has 2 unspecified atom stereocenters. The van der Waals surface area contributed by atoms with E-state index in [1.807, 2.05) is 30.3 Å². The van der Waals surface area contributed by atoms with E-state index in [-0.39, 0.29) is 11.6 Å². The molecule has 24 heavy (non-hydrogen) atoms. The summed E-state index contributed by atoms with van der Waals surface area (Å²) in [5.41, 5.74) is -1.30. The van der Waals surface area contributed by atoms with Gasteiger partial charge in [-0.1, -0.05) is 42.5 Å². The lowest BCUT2D eigenvalue weighted by atomic mass is 9.77. The van der Waals surface area contributed by atoms with Gasteiger partial charge in [-0.25, -0.2) is 0 Å². The molecule has 1 aromatic carbocycles. The summed E-state index contributed by atoms with van der Waals surface area (Å²) < 4.78 is 0. The Balaban J connectivity index is 2.01. The van der Waals surface area contributed by atoms with Crippen LogP contribution in [-0.2, 0) is 9.59 Å². The molecule has 1 saturated heterocycles. The van der Waals surface area contributed by atoms with Gasteiger partial charge in [0.15, 0.2) is 0 Å². The van der Waals surface area contributed by atoms with E-state index in [1.54, 1.807) is 11.0 Å². The number of carbonyl (C=O) groups excluding carboxylic acids is 2. The van der Waals surface area contributed by atoms with Gasteiger partial charge in [0.1, 0.15) is 6.29 Å². The van der Waals surface area contributed by atoms with Crippen LogP contribution in [0.2, 0.25) is 0 Å². The van der Waals surface area contributed by atoms with Gasteiger partial charge in [-0.15, -0.1) is 0 Å². The standard InChI is InChI=1S/C18H18N2O4/c21-13-18(17(22)19-10-4-5-11-19)9-8-15(12-16(18)20(23)24)14-6-2-1-3-7-14/h1-3,6-9,12-13,15H,4-5,10-11H2. The maximum Gasteiger partial charge on any atom is 0.269 e. The van der Waals surface area contributed by atoms with Crippen molar-refractivity contribution < 1.29 is 14.5 Å². The number of hydrogen-bond acceptors (Lipinski definition) is 4. The Kier molecular flexibility index (Phi) is 4.29. The van der Waals surface area contributed by atoms with Crippen molar-refractivity contribution in [1.82, 2.24) is 4.90 Å². The van der Waals surface area contributed by atoms with Crippen LogP contribution in [0.25, 0.3) is 0 Å². The fourth-order valence-corrected chi connectivity index (χ4v) is 3.31. The first-order valence-electron chi connectivity index (χ1n) is 7.95. The van der Waals surface area contributed by atoms with Gasteiger partial charge in [0.05, 0.1) is 4.92 Å². The molecule has 3 rings (SSSR count). The van der Waals surface area contributed by atoms with Crippen molar-refractivity contribution in [3.8, 4) is 0 Å². The van der Waals surface area contributed by atoms with E-state index in [1.165, 1.54) is 12.2 Å². The number of likely N-dealkylation sites (tertiary alicyclic amines) is 1. The molecule has 1 aromatic rings. The first-order valence-corrected chi connectivity index (χ1v) is 7.95. The molecule has 2 atom stereocenters. The van der Waals surface area contributed by atoms with Gasteiger partial charge >= 0.3 is 0 Å². The highest BCUT2D eigenvalue weighted by Crippen LogP contribution is 2.38. The number of nitro groups is 1. The topological polar surface area (TPSA) is 80.5 Å². The Hall–Kier alpha value is -2.76. The summed E-state index contributed by atoms with van der Waals surface area (Å²) in [6.07, 6.45) is 6.63. The molecule has 1 aliphatic carbocycles. The summed E-state index contributed by atoms with van der Waals surface area (Å²) in [6, 6.07) is 9.28. The number of hydrogen-bond donors (Lipinski definition) is 0. The first kappa shape index (κ1) is 16.1. The van der Waals surface area contributed by atoms with Gasteiger partial charge in [-0.05, 0) is 18.4 Å². The molecule has 0 bridgehead atoms. The van der Waals surface area contributed by atoms with E-state index >= 15 is 0 Å². The maximum atomic E-state index is 12.8. The number of carbonyl (C=O) groups is 2. The Morgan fingerprint density at radius 2 is 1.92 bits per heavy atom. The zero-order chi connectivity index (χ0) is 17.2. The van der Waals surface area contributed by atoms with Crippen molar-refractivity contribution in [3.63, 3.8) is 0 Å². The third kappa shape index (κ3) is 2.64. The summed E-state index contributed by atoms with van der Waals surface area (Å²) in [7, 11) is 0. The predicted octanol–water partition coefficient (Wildman–Crippen LogP) is 2.31. The molecule has 0 spiro atoms. The van der Waals surface area contributed by atoms with Gasteiger partial charge in [-0.3, -0.25) is 14.9 Å². The molecule has 0 aromatic heterocycles. The van der Waals surface area contributed by atoms with Crippen LogP contribution in [0.4, 0.5) is 0 Å². The Labute approximate surface area is 139 Å². The van der Waals surface area contributed by atoms with E-state index in [2.05, 4.69) is 0 Å². The lowest BCUT2D eigenvalue weighted by molar-refractivity contribution is -0.434. The fraction of sp³-hybridized carbons (Fsp3) is 0.333. The third-order valence-electron chi connectivity index (χ3n) is 4.64. The van der Waals surface area contributed by atoms with Crippen LogP contribution in [0, 0.1) is 15.5 Å². The quantitative estimate of drug-likeness (QED) is 0.279. The van der Waals surface area contributed by atoms with Crippen LogP contribution < -0.4 is 0 Å². The monoisotopic (exact) mass is 326 g/mol. The minimum absolute atomic E-state index is 0.328. The van der Waals surface area contributed by atoms with Crippen molar-refractivity contribution in [2.24, 2.45) is 5.41 Å². The summed E-state index contributed by atoms with van der Waals surface area (Å²) in [4.78, 5) is 37.1.